The SMILES string of the molecule is CCC1(CO)CCN(C(=O)C(C)n2cccc2)CC1. The highest BCUT2D eigenvalue weighted by Gasteiger charge is 2.34. The number of aromatic nitrogens is 1. The van der Waals surface area contributed by atoms with E-state index < -0.39 is 0 Å². The lowest BCUT2D eigenvalue weighted by Crippen LogP contribution is -2.46. The molecule has 19 heavy (non-hydrogen) atoms. The topological polar surface area (TPSA) is 45.5 Å². The molecule has 0 bridgehead atoms. The molecule has 0 radical (unpaired) electrons. The first-order valence-corrected chi connectivity index (χ1v) is 7.14. The van der Waals surface area contributed by atoms with Gasteiger partial charge in [0.15, 0.2) is 0 Å². The third-order valence-corrected chi connectivity index (χ3v) is 4.65. The summed E-state index contributed by atoms with van der Waals surface area (Å²) in [6.07, 6.45) is 6.65. The van der Waals surface area contributed by atoms with Gasteiger partial charge in [-0.05, 0) is 43.7 Å². The van der Waals surface area contributed by atoms with Crippen molar-refractivity contribution in [2.24, 2.45) is 5.41 Å². The molecule has 1 fully saturated rings. The van der Waals surface area contributed by atoms with E-state index in [4.69, 9.17) is 0 Å². The van der Waals surface area contributed by atoms with Gasteiger partial charge < -0.3 is 14.6 Å². The second kappa shape index (κ2) is 5.78. The Morgan fingerprint density at radius 3 is 2.37 bits per heavy atom. The Morgan fingerprint density at radius 1 is 1.32 bits per heavy atom. The number of aliphatic hydroxyl groups is 1. The lowest BCUT2D eigenvalue weighted by molar-refractivity contribution is -0.137. The minimum Gasteiger partial charge on any atom is -0.396 e. The van der Waals surface area contributed by atoms with Crippen LogP contribution >= 0.6 is 0 Å². The number of hydrogen-bond acceptors (Lipinski definition) is 2. The van der Waals surface area contributed by atoms with Crippen LogP contribution in [0.1, 0.15) is 39.2 Å². The number of amides is 1. The van der Waals surface area contributed by atoms with Crippen LogP contribution in [0.5, 0.6) is 0 Å². The molecule has 1 amide bonds. The Hall–Kier alpha value is -1.29. The molecule has 1 unspecified atom stereocenters. The molecule has 4 heteroatoms. The van der Waals surface area contributed by atoms with Crippen molar-refractivity contribution in [3.8, 4) is 0 Å². The van der Waals surface area contributed by atoms with E-state index in [1.807, 2.05) is 40.9 Å². The van der Waals surface area contributed by atoms with Crippen molar-refractivity contribution < 1.29 is 9.90 Å². The standard InChI is InChI=1S/C15H24N2O2/c1-3-15(12-18)6-10-17(11-7-15)14(19)13(2)16-8-4-5-9-16/h4-5,8-9,13,18H,3,6-7,10-12H2,1-2H3. The average molecular weight is 264 g/mol. The summed E-state index contributed by atoms with van der Waals surface area (Å²) in [4.78, 5) is 14.4. The molecular weight excluding hydrogens is 240 g/mol. The van der Waals surface area contributed by atoms with Gasteiger partial charge >= 0.3 is 0 Å². The third kappa shape index (κ3) is 2.84. The van der Waals surface area contributed by atoms with Gasteiger partial charge in [0, 0.05) is 32.1 Å². The fourth-order valence-electron chi connectivity index (χ4n) is 2.82. The second-order valence-corrected chi connectivity index (χ2v) is 5.64. The molecule has 1 aromatic rings. The van der Waals surface area contributed by atoms with Crippen molar-refractivity contribution in [1.29, 1.82) is 0 Å². The minimum absolute atomic E-state index is 0.0352. The van der Waals surface area contributed by atoms with Gasteiger partial charge in [0.1, 0.15) is 6.04 Å². The van der Waals surface area contributed by atoms with Crippen molar-refractivity contribution >= 4 is 5.91 Å². The normalized spacial score (nSPS) is 20.3. The van der Waals surface area contributed by atoms with Crippen LogP contribution in [0.25, 0.3) is 0 Å². The van der Waals surface area contributed by atoms with Crippen molar-refractivity contribution in [3.05, 3.63) is 24.5 Å². The summed E-state index contributed by atoms with van der Waals surface area (Å²) in [5, 5.41) is 9.52. The predicted molar refractivity (Wildman–Crippen MR) is 74.8 cm³/mol. The zero-order valence-corrected chi connectivity index (χ0v) is 11.9. The highest BCUT2D eigenvalue weighted by molar-refractivity contribution is 5.80. The number of nitrogens with zero attached hydrogens (tertiary/aromatic N) is 2. The number of carbonyl (C=O) groups excluding carboxylic acids is 1. The first-order valence-electron chi connectivity index (χ1n) is 7.14. The number of hydrogen-bond donors (Lipinski definition) is 1. The zero-order valence-electron chi connectivity index (χ0n) is 11.9. The summed E-state index contributed by atoms with van der Waals surface area (Å²) in [6.45, 7) is 5.82. The molecule has 4 nitrogen and oxygen atoms in total. The van der Waals surface area contributed by atoms with Crippen LogP contribution in [0.3, 0.4) is 0 Å². The zero-order chi connectivity index (χ0) is 13.9. The van der Waals surface area contributed by atoms with E-state index in [2.05, 4.69) is 6.92 Å². The Bertz CT molecular complexity index is 400. The Balaban J connectivity index is 1.96. The van der Waals surface area contributed by atoms with Gasteiger partial charge in [-0.25, -0.2) is 0 Å². The van der Waals surface area contributed by atoms with Crippen LogP contribution < -0.4 is 0 Å². The molecule has 1 aliphatic rings. The molecule has 0 aromatic carbocycles. The summed E-state index contributed by atoms with van der Waals surface area (Å²) in [5.41, 5.74) is 0.0352. The van der Waals surface area contributed by atoms with Crippen LogP contribution in [-0.4, -0.2) is 40.2 Å². The van der Waals surface area contributed by atoms with E-state index in [-0.39, 0.29) is 24.0 Å². The van der Waals surface area contributed by atoms with Crippen LogP contribution in [0, 0.1) is 5.41 Å². The van der Waals surface area contributed by atoms with Crippen LogP contribution in [0.4, 0.5) is 0 Å². The summed E-state index contributed by atoms with van der Waals surface area (Å²) >= 11 is 0. The summed E-state index contributed by atoms with van der Waals surface area (Å²) < 4.78 is 1.94. The molecule has 1 saturated heterocycles. The van der Waals surface area contributed by atoms with Crippen molar-refractivity contribution in [2.75, 3.05) is 19.7 Å². The molecule has 1 atom stereocenters. The van der Waals surface area contributed by atoms with Gasteiger partial charge in [0.05, 0.1) is 0 Å². The lowest BCUT2D eigenvalue weighted by atomic mass is 9.77. The molecule has 1 N–H and O–H groups in total. The van der Waals surface area contributed by atoms with Gasteiger partial charge in [-0.2, -0.15) is 0 Å². The molecule has 2 heterocycles. The third-order valence-electron chi connectivity index (χ3n) is 4.65. The first-order chi connectivity index (χ1) is 9.12. The van der Waals surface area contributed by atoms with E-state index in [0.717, 1.165) is 32.4 Å². The van der Waals surface area contributed by atoms with E-state index in [1.54, 1.807) is 0 Å². The number of aliphatic hydroxyl groups excluding tert-OH is 1. The molecular formula is C15H24N2O2. The lowest BCUT2D eigenvalue weighted by Gasteiger charge is -2.41. The van der Waals surface area contributed by atoms with E-state index >= 15 is 0 Å². The molecule has 2 rings (SSSR count). The van der Waals surface area contributed by atoms with E-state index in [9.17, 15) is 9.90 Å². The van der Waals surface area contributed by atoms with Gasteiger partial charge in [-0.1, -0.05) is 6.92 Å². The Morgan fingerprint density at radius 2 is 1.89 bits per heavy atom. The molecule has 106 valence electrons. The van der Waals surface area contributed by atoms with Crippen molar-refractivity contribution in [2.45, 2.75) is 39.2 Å². The van der Waals surface area contributed by atoms with Crippen molar-refractivity contribution in [3.63, 3.8) is 0 Å². The summed E-state index contributed by atoms with van der Waals surface area (Å²) in [5.74, 6) is 0.179. The first kappa shape index (κ1) is 14.1. The number of rotatable bonds is 4. The molecule has 1 aliphatic heterocycles. The highest BCUT2D eigenvalue weighted by atomic mass is 16.3. The van der Waals surface area contributed by atoms with E-state index in [1.165, 1.54) is 0 Å². The van der Waals surface area contributed by atoms with Gasteiger partial charge in [-0.3, -0.25) is 4.79 Å². The molecule has 0 spiro atoms. The molecule has 0 aliphatic carbocycles. The Labute approximate surface area is 115 Å². The van der Waals surface area contributed by atoms with Crippen LogP contribution in [0.2, 0.25) is 0 Å². The number of piperidine rings is 1. The van der Waals surface area contributed by atoms with Crippen molar-refractivity contribution in [1.82, 2.24) is 9.47 Å². The smallest absolute Gasteiger partial charge is 0.245 e. The maximum atomic E-state index is 12.4. The van der Waals surface area contributed by atoms with Crippen LogP contribution in [-0.2, 0) is 4.79 Å². The fourth-order valence-corrected chi connectivity index (χ4v) is 2.82. The molecule has 0 saturated carbocycles. The fraction of sp³-hybridized carbons (Fsp3) is 0.667. The predicted octanol–water partition coefficient (Wildman–Crippen LogP) is 2.06. The number of likely N-dealkylation sites (tertiary alicyclic amines) is 1. The van der Waals surface area contributed by atoms with Crippen LogP contribution in [0.15, 0.2) is 24.5 Å². The van der Waals surface area contributed by atoms with Gasteiger partial charge in [-0.15, -0.1) is 0 Å². The number of carbonyl (C=O) groups is 1. The monoisotopic (exact) mass is 264 g/mol. The molecule has 1 aromatic heterocycles. The quantitative estimate of drug-likeness (QED) is 0.904. The summed E-state index contributed by atoms with van der Waals surface area (Å²) in [7, 11) is 0. The second-order valence-electron chi connectivity index (χ2n) is 5.64. The Kier molecular flexibility index (Phi) is 4.30. The minimum atomic E-state index is -0.141. The van der Waals surface area contributed by atoms with Gasteiger partial charge in [0.25, 0.3) is 0 Å². The highest BCUT2D eigenvalue weighted by Crippen LogP contribution is 2.34. The van der Waals surface area contributed by atoms with Gasteiger partial charge in [0.2, 0.25) is 5.91 Å². The largest absolute Gasteiger partial charge is 0.396 e. The summed E-state index contributed by atoms with van der Waals surface area (Å²) in [6, 6.07) is 3.74. The maximum absolute atomic E-state index is 12.4. The average Bonchev–Trinajstić information content (AvgIpc) is 3.00. The van der Waals surface area contributed by atoms with E-state index in [0.29, 0.717) is 0 Å². The maximum Gasteiger partial charge on any atom is 0.245 e.